The number of carbonyl (C=O) groups excluding carboxylic acids is 2. The molecular weight excluding hydrogens is 566 g/mol. The molecule has 2 heterocycles. The van der Waals surface area contributed by atoms with Crippen LogP contribution in [0, 0.1) is 11.6 Å². The summed E-state index contributed by atoms with van der Waals surface area (Å²) in [6.45, 7) is 3.61. The van der Waals surface area contributed by atoms with Gasteiger partial charge in [0.05, 0.1) is 30.1 Å². The normalized spacial score (nSPS) is 20.3. The minimum Gasteiger partial charge on any atom is -0.486 e. The van der Waals surface area contributed by atoms with Crippen molar-refractivity contribution in [3.8, 4) is 5.75 Å². The van der Waals surface area contributed by atoms with Crippen LogP contribution >= 0.6 is 0 Å². The fourth-order valence-corrected chi connectivity index (χ4v) is 5.19. The molecule has 2 aliphatic rings. The van der Waals surface area contributed by atoms with Crippen molar-refractivity contribution in [3.63, 3.8) is 0 Å². The van der Waals surface area contributed by atoms with E-state index in [0.717, 1.165) is 6.07 Å². The number of aromatic nitrogens is 1. The third-order valence-corrected chi connectivity index (χ3v) is 7.40. The Morgan fingerprint density at radius 3 is 2.47 bits per heavy atom. The van der Waals surface area contributed by atoms with Crippen LogP contribution in [0.15, 0.2) is 47.4 Å². The van der Waals surface area contributed by atoms with Crippen LogP contribution in [-0.2, 0) is 16.1 Å². The zero-order valence-electron chi connectivity index (χ0n) is 24.1. The minimum atomic E-state index is -1.65. The first-order valence-electron chi connectivity index (χ1n) is 14.0. The number of carbonyl (C=O) groups is 2. The Bertz CT molecular complexity index is 1600. The lowest BCUT2D eigenvalue weighted by Gasteiger charge is -2.28. The number of aliphatic hydroxyl groups is 2. The van der Waals surface area contributed by atoms with Crippen molar-refractivity contribution in [2.24, 2.45) is 0 Å². The van der Waals surface area contributed by atoms with Gasteiger partial charge < -0.3 is 29.0 Å². The SMILES string of the molecule is CC(C)(C)OC(=O)N1C[C@@](O)(CO)C[C@@H]1COc1c(F)c(F)cc2c(=O)c(C(=O)OCc3ccccc3)cn(C3CC3)c12. The quantitative estimate of drug-likeness (QED) is 0.371. The lowest BCUT2D eigenvalue weighted by Crippen LogP contribution is -2.43. The number of pyridine rings is 1. The zero-order valence-corrected chi connectivity index (χ0v) is 24.1. The Morgan fingerprint density at radius 1 is 1.14 bits per heavy atom. The highest BCUT2D eigenvalue weighted by Gasteiger charge is 2.46. The number of likely N-dealkylation sites (tertiary alicyclic amines) is 1. The van der Waals surface area contributed by atoms with Crippen molar-refractivity contribution in [1.82, 2.24) is 9.47 Å². The molecule has 12 heteroatoms. The van der Waals surface area contributed by atoms with Gasteiger partial charge in [0.15, 0.2) is 11.6 Å². The van der Waals surface area contributed by atoms with E-state index in [0.29, 0.717) is 18.4 Å². The third-order valence-electron chi connectivity index (χ3n) is 7.40. The number of benzene rings is 2. The third kappa shape index (κ3) is 6.50. The van der Waals surface area contributed by atoms with Crippen LogP contribution in [-0.4, -0.2) is 68.7 Å². The number of fused-ring (bicyclic) bond motifs is 1. The zero-order chi connectivity index (χ0) is 31.1. The van der Waals surface area contributed by atoms with Crippen LogP contribution in [0.5, 0.6) is 5.75 Å². The number of amides is 1. The van der Waals surface area contributed by atoms with Crippen molar-refractivity contribution in [3.05, 3.63) is 75.6 Å². The smallest absolute Gasteiger partial charge is 0.410 e. The van der Waals surface area contributed by atoms with Gasteiger partial charge >= 0.3 is 12.1 Å². The molecule has 0 bridgehead atoms. The summed E-state index contributed by atoms with van der Waals surface area (Å²) in [7, 11) is 0. The van der Waals surface area contributed by atoms with Crippen LogP contribution in [0.3, 0.4) is 0 Å². The molecule has 1 aliphatic carbocycles. The molecule has 1 aromatic heterocycles. The lowest BCUT2D eigenvalue weighted by molar-refractivity contribution is -0.0124. The van der Waals surface area contributed by atoms with Gasteiger partial charge in [0, 0.05) is 18.7 Å². The fourth-order valence-electron chi connectivity index (χ4n) is 5.19. The van der Waals surface area contributed by atoms with Crippen LogP contribution in [0.25, 0.3) is 10.9 Å². The van der Waals surface area contributed by atoms with Gasteiger partial charge in [-0.3, -0.25) is 9.69 Å². The number of halogens is 2. The van der Waals surface area contributed by atoms with Crippen LogP contribution in [0.1, 0.15) is 62.0 Å². The van der Waals surface area contributed by atoms with Crippen molar-refractivity contribution < 1.29 is 42.8 Å². The molecule has 5 rings (SSSR count). The molecule has 3 aromatic rings. The summed E-state index contributed by atoms with van der Waals surface area (Å²) < 4.78 is 48.4. The molecule has 1 amide bonds. The van der Waals surface area contributed by atoms with E-state index in [1.807, 2.05) is 6.07 Å². The molecule has 1 saturated carbocycles. The number of β-amino-alcohol motifs (C(OH)–C–C–N with tert-alkyl or cyclic N) is 1. The number of rotatable bonds is 8. The van der Waals surface area contributed by atoms with E-state index in [1.165, 1.54) is 15.7 Å². The summed E-state index contributed by atoms with van der Waals surface area (Å²) in [6.07, 6.45) is 1.74. The highest BCUT2D eigenvalue weighted by atomic mass is 19.2. The van der Waals surface area contributed by atoms with E-state index in [2.05, 4.69) is 0 Å². The number of hydrogen-bond acceptors (Lipinski definition) is 8. The number of hydrogen-bond donors (Lipinski definition) is 2. The lowest BCUT2D eigenvalue weighted by atomic mass is 10.0. The van der Waals surface area contributed by atoms with Gasteiger partial charge in [-0.05, 0) is 45.2 Å². The largest absolute Gasteiger partial charge is 0.486 e. The maximum absolute atomic E-state index is 15.4. The summed E-state index contributed by atoms with van der Waals surface area (Å²) in [6, 6.07) is 8.55. The van der Waals surface area contributed by atoms with Crippen molar-refractivity contribution in [1.29, 1.82) is 0 Å². The Balaban J connectivity index is 1.49. The summed E-state index contributed by atoms with van der Waals surface area (Å²) in [5, 5.41) is 20.2. The molecule has 230 valence electrons. The molecule has 10 nitrogen and oxygen atoms in total. The van der Waals surface area contributed by atoms with E-state index >= 15 is 4.39 Å². The molecule has 2 N–H and O–H groups in total. The van der Waals surface area contributed by atoms with Crippen molar-refractivity contribution in [2.75, 3.05) is 19.8 Å². The van der Waals surface area contributed by atoms with Crippen LogP contribution in [0.4, 0.5) is 13.6 Å². The molecule has 2 aromatic carbocycles. The summed E-state index contributed by atoms with van der Waals surface area (Å²) in [5.41, 5.74) is -3.01. The second kappa shape index (κ2) is 11.6. The van der Waals surface area contributed by atoms with Gasteiger partial charge in [-0.15, -0.1) is 0 Å². The highest BCUT2D eigenvalue weighted by molar-refractivity contribution is 5.95. The molecule has 2 fully saturated rings. The Kier molecular flexibility index (Phi) is 8.19. The summed E-state index contributed by atoms with van der Waals surface area (Å²) in [5.74, 6) is -4.18. The highest BCUT2D eigenvalue weighted by Crippen LogP contribution is 2.41. The van der Waals surface area contributed by atoms with Gasteiger partial charge in [0.1, 0.15) is 30.0 Å². The summed E-state index contributed by atoms with van der Waals surface area (Å²) >= 11 is 0. The standard InChI is InChI=1S/C31H34F2N2O8/c1-30(2,3)43-29(39)35-16-31(40,17-36)12-20(35)15-41-27-24(33)23(32)11-21-25(27)34(19-9-10-19)13-22(26(21)37)28(38)42-14-18-7-5-4-6-8-18/h4-8,11,13,19-20,36,40H,9-10,12,14-17H2,1-3H3/t20-,31-/m1/s1. The molecule has 1 saturated heterocycles. The maximum atomic E-state index is 15.4. The fraction of sp³-hybridized carbons (Fsp3) is 0.452. The first-order chi connectivity index (χ1) is 20.3. The first kappa shape index (κ1) is 30.4. The monoisotopic (exact) mass is 600 g/mol. The van der Waals surface area contributed by atoms with Gasteiger partial charge in [0.2, 0.25) is 11.2 Å². The summed E-state index contributed by atoms with van der Waals surface area (Å²) in [4.78, 5) is 40.5. The van der Waals surface area contributed by atoms with E-state index in [9.17, 15) is 29.0 Å². The van der Waals surface area contributed by atoms with E-state index in [-0.39, 0.29) is 42.1 Å². The van der Waals surface area contributed by atoms with Gasteiger partial charge in [-0.25, -0.2) is 14.0 Å². The Morgan fingerprint density at radius 2 is 1.84 bits per heavy atom. The van der Waals surface area contributed by atoms with Crippen molar-refractivity contribution >= 4 is 23.0 Å². The number of esters is 1. The predicted molar refractivity (Wildman–Crippen MR) is 151 cm³/mol. The molecule has 0 unspecified atom stereocenters. The predicted octanol–water partition coefficient (Wildman–Crippen LogP) is 4.08. The topological polar surface area (TPSA) is 128 Å². The molecule has 1 aliphatic heterocycles. The van der Waals surface area contributed by atoms with Gasteiger partial charge in [-0.1, -0.05) is 30.3 Å². The second-order valence-electron chi connectivity index (χ2n) is 12.1. The number of ether oxygens (including phenoxy) is 3. The van der Waals surface area contributed by atoms with Crippen molar-refractivity contribution in [2.45, 2.75) is 69.9 Å². The van der Waals surface area contributed by atoms with Crippen LogP contribution < -0.4 is 10.2 Å². The van der Waals surface area contributed by atoms with E-state index in [1.54, 1.807) is 45.0 Å². The molecular formula is C31H34F2N2O8. The number of nitrogens with zero attached hydrogens (tertiary/aromatic N) is 2. The van der Waals surface area contributed by atoms with Gasteiger partial charge in [0.25, 0.3) is 0 Å². The Hall–Kier alpha value is -4.03. The molecule has 0 spiro atoms. The average Bonchev–Trinajstić information content (AvgIpc) is 3.74. The number of aliphatic hydroxyl groups excluding tert-OH is 1. The van der Waals surface area contributed by atoms with E-state index in [4.69, 9.17) is 14.2 Å². The van der Waals surface area contributed by atoms with Gasteiger partial charge in [-0.2, -0.15) is 4.39 Å². The molecule has 0 radical (unpaired) electrons. The molecule has 2 atom stereocenters. The second-order valence-corrected chi connectivity index (χ2v) is 12.1. The van der Waals surface area contributed by atoms with E-state index < -0.39 is 65.3 Å². The average molecular weight is 601 g/mol. The van der Waals surface area contributed by atoms with Crippen LogP contribution in [0.2, 0.25) is 0 Å². The first-order valence-corrected chi connectivity index (χ1v) is 14.0. The minimum absolute atomic E-state index is 0.0368. The Labute approximate surface area is 246 Å². The molecule has 43 heavy (non-hydrogen) atoms. The maximum Gasteiger partial charge on any atom is 0.410 e.